The largest absolute Gasteiger partial charge is 0.397 e. The first kappa shape index (κ1) is 9.66. The van der Waals surface area contributed by atoms with E-state index in [2.05, 4.69) is 4.98 Å². The van der Waals surface area contributed by atoms with E-state index >= 15 is 0 Å². The molecule has 0 aliphatic rings. The number of hydrogen-bond acceptors (Lipinski definition) is 4. The van der Waals surface area contributed by atoms with Crippen molar-refractivity contribution in [3.8, 4) is 0 Å². The molecular formula is C7H10F2N4. The Morgan fingerprint density at radius 2 is 2.00 bits per heavy atom. The number of anilines is 2. The number of nitrogens with zero attached hydrogens (tertiary/aromatic N) is 1. The first-order chi connectivity index (χ1) is 6.07. The second kappa shape index (κ2) is 3.53. The Labute approximate surface area is 73.7 Å². The van der Waals surface area contributed by atoms with Crippen LogP contribution in [0, 0.1) is 0 Å². The molecule has 6 N–H and O–H groups in total. The van der Waals surface area contributed by atoms with Gasteiger partial charge in [0, 0.05) is 12.1 Å². The maximum Gasteiger partial charge on any atom is 0.282 e. The van der Waals surface area contributed by atoms with Crippen molar-refractivity contribution in [1.29, 1.82) is 0 Å². The van der Waals surface area contributed by atoms with Crippen LogP contribution in [0.25, 0.3) is 0 Å². The lowest BCUT2D eigenvalue weighted by Gasteiger charge is -2.10. The van der Waals surface area contributed by atoms with Gasteiger partial charge in [0.15, 0.2) is 0 Å². The van der Waals surface area contributed by atoms with Crippen LogP contribution in [0.15, 0.2) is 6.20 Å². The Morgan fingerprint density at radius 1 is 1.38 bits per heavy atom. The minimum absolute atomic E-state index is 0.0277. The number of pyridine rings is 1. The topological polar surface area (TPSA) is 91.0 Å². The van der Waals surface area contributed by atoms with Crippen molar-refractivity contribution < 1.29 is 8.78 Å². The Bertz CT molecular complexity index is 314. The average molecular weight is 188 g/mol. The number of halogens is 2. The van der Waals surface area contributed by atoms with Gasteiger partial charge in [-0.25, -0.2) is 8.78 Å². The lowest BCUT2D eigenvalue weighted by atomic mass is 10.1. The van der Waals surface area contributed by atoms with E-state index in [4.69, 9.17) is 17.2 Å². The van der Waals surface area contributed by atoms with Crippen LogP contribution in [0.2, 0.25) is 0 Å². The van der Waals surface area contributed by atoms with Gasteiger partial charge in [-0.3, -0.25) is 4.98 Å². The molecule has 0 saturated heterocycles. The van der Waals surface area contributed by atoms with Crippen molar-refractivity contribution in [2.45, 2.75) is 13.0 Å². The van der Waals surface area contributed by atoms with Gasteiger partial charge in [-0.15, -0.1) is 0 Å². The van der Waals surface area contributed by atoms with Gasteiger partial charge in [-0.1, -0.05) is 0 Å². The predicted molar refractivity (Wildman–Crippen MR) is 45.9 cm³/mol. The summed E-state index contributed by atoms with van der Waals surface area (Å²) in [6, 6.07) is 0. The number of alkyl halides is 2. The highest BCUT2D eigenvalue weighted by molar-refractivity contribution is 5.62. The number of aromatic nitrogens is 1. The summed E-state index contributed by atoms with van der Waals surface area (Å²) in [5.41, 5.74) is 16.1. The zero-order valence-corrected chi connectivity index (χ0v) is 6.80. The fourth-order valence-corrected chi connectivity index (χ4v) is 0.998. The SMILES string of the molecule is NCc1c(N)cnc(C(F)F)c1N. The van der Waals surface area contributed by atoms with Crippen LogP contribution in [-0.4, -0.2) is 4.98 Å². The first-order valence-corrected chi connectivity index (χ1v) is 3.58. The van der Waals surface area contributed by atoms with Crippen LogP contribution in [0.5, 0.6) is 0 Å². The molecule has 0 bridgehead atoms. The third-order valence-electron chi connectivity index (χ3n) is 1.70. The third-order valence-corrected chi connectivity index (χ3v) is 1.70. The van der Waals surface area contributed by atoms with Gasteiger partial charge in [0.2, 0.25) is 0 Å². The number of rotatable bonds is 2. The summed E-state index contributed by atoms with van der Waals surface area (Å²) in [5.74, 6) is 0. The van der Waals surface area contributed by atoms with E-state index in [1.54, 1.807) is 0 Å². The molecular weight excluding hydrogens is 178 g/mol. The van der Waals surface area contributed by atoms with Gasteiger partial charge in [-0.2, -0.15) is 0 Å². The molecule has 0 amide bonds. The Kier molecular flexibility index (Phi) is 2.62. The lowest BCUT2D eigenvalue weighted by molar-refractivity contribution is 0.147. The molecule has 0 radical (unpaired) electrons. The zero-order valence-electron chi connectivity index (χ0n) is 6.80. The molecule has 0 aliphatic carbocycles. The molecule has 0 unspecified atom stereocenters. The molecule has 1 heterocycles. The van der Waals surface area contributed by atoms with E-state index in [9.17, 15) is 8.78 Å². The highest BCUT2D eigenvalue weighted by Gasteiger charge is 2.16. The zero-order chi connectivity index (χ0) is 10.0. The summed E-state index contributed by atoms with van der Waals surface area (Å²) in [6.07, 6.45) is -1.56. The van der Waals surface area contributed by atoms with Crippen molar-refractivity contribution in [3.05, 3.63) is 17.5 Å². The summed E-state index contributed by atoms with van der Waals surface area (Å²) in [4.78, 5) is 3.43. The van der Waals surface area contributed by atoms with E-state index < -0.39 is 12.1 Å². The molecule has 0 saturated carbocycles. The predicted octanol–water partition coefficient (Wildman–Crippen LogP) is 0.642. The summed E-state index contributed by atoms with van der Waals surface area (Å²) in [6.45, 7) is 0.0277. The van der Waals surface area contributed by atoms with E-state index in [0.717, 1.165) is 6.20 Å². The van der Waals surface area contributed by atoms with Crippen molar-refractivity contribution >= 4 is 11.4 Å². The van der Waals surface area contributed by atoms with Crippen molar-refractivity contribution in [3.63, 3.8) is 0 Å². The molecule has 0 aliphatic heterocycles. The van der Waals surface area contributed by atoms with Crippen molar-refractivity contribution in [2.75, 3.05) is 11.5 Å². The monoisotopic (exact) mass is 188 g/mol. The molecule has 72 valence electrons. The van der Waals surface area contributed by atoms with Gasteiger partial charge < -0.3 is 17.2 Å². The summed E-state index contributed by atoms with van der Waals surface area (Å²) < 4.78 is 24.5. The average Bonchev–Trinajstić information content (AvgIpc) is 2.04. The van der Waals surface area contributed by atoms with Crippen LogP contribution < -0.4 is 17.2 Å². The summed E-state index contributed by atoms with van der Waals surface area (Å²) in [5, 5.41) is 0. The van der Waals surface area contributed by atoms with Gasteiger partial charge in [0.05, 0.1) is 17.6 Å². The minimum atomic E-state index is -2.70. The smallest absolute Gasteiger partial charge is 0.282 e. The van der Waals surface area contributed by atoms with Crippen LogP contribution in [0.1, 0.15) is 17.7 Å². The van der Waals surface area contributed by atoms with E-state index in [1.165, 1.54) is 0 Å². The standard InChI is InChI=1S/C7H10F2N4/c8-7(9)6-5(12)3(1-10)4(11)2-13-6/h2,7H,1,10-12H2. The Balaban J connectivity index is 3.27. The molecule has 1 aromatic heterocycles. The number of hydrogen-bond donors (Lipinski definition) is 3. The molecule has 1 aromatic rings. The molecule has 13 heavy (non-hydrogen) atoms. The first-order valence-electron chi connectivity index (χ1n) is 3.58. The highest BCUT2D eigenvalue weighted by Crippen LogP contribution is 2.28. The molecule has 1 rings (SSSR count). The molecule has 0 atom stereocenters. The second-order valence-electron chi connectivity index (χ2n) is 2.50. The fraction of sp³-hybridized carbons (Fsp3) is 0.286. The third kappa shape index (κ3) is 1.67. The van der Waals surface area contributed by atoms with Gasteiger partial charge >= 0.3 is 0 Å². The Hall–Kier alpha value is -1.43. The van der Waals surface area contributed by atoms with Crippen LogP contribution >= 0.6 is 0 Å². The minimum Gasteiger partial charge on any atom is -0.397 e. The number of nitrogen functional groups attached to an aromatic ring is 2. The maximum atomic E-state index is 12.3. The van der Waals surface area contributed by atoms with E-state index in [0.29, 0.717) is 5.56 Å². The molecule has 6 heteroatoms. The fourth-order valence-electron chi connectivity index (χ4n) is 0.998. The summed E-state index contributed by atoms with van der Waals surface area (Å²) in [7, 11) is 0. The second-order valence-corrected chi connectivity index (χ2v) is 2.50. The van der Waals surface area contributed by atoms with Gasteiger partial charge in [-0.05, 0) is 0 Å². The van der Waals surface area contributed by atoms with Crippen LogP contribution in [-0.2, 0) is 6.54 Å². The Morgan fingerprint density at radius 3 is 2.46 bits per heavy atom. The number of nitrogens with two attached hydrogens (primary N) is 3. The molecule has 4 nitrogen and oxygen atoms in total. The normalized spacial score (nSPS) is 10.8. The molecule has 0 aromatic carbocycles. The lowest BCUT2D eigenvalue weighted by Crippen LogP contribution is -2.10. The molecule has 0 spiro atoms. The summed E-state index contributed by atoms with van der Waals surface area (Å²) >= 11 is 0. The molecule has 0 fully saturated rings. The quantitative estimate of drug-likeness (QED) is 0.635. The van der Waals surface area contributed by atoms with Crippen LogP contribution in [0.4, 0.5) is 20.2 Å². The van der Waals surface area contributed by atoms with Gasteiger partial charge in [0.25, 0.3) is 6.43 Å². The highest BCUT2D eigenvalue weighted by atomic mass is 19.3. The van der Waals surface area contributed by atoms with E-state index in [1.807, 2.05) is 0 Å². The van der Waals surface area contributed by atoms with Crippen molar-refractivity contribution in [2.24, 2.45) is 5.73 Å². The van der Waals surface area contributed by atoms with Crippen molar-refractivity contribution in [1.82, 2.24) is 4.98 Å². The maximum absolute atomic E-state index is 12.3. The van der Waals surface area contributed by atoms with Crippen LogP contribution in [0.3, 0.4) is 0 Å². The van der Waals surface area contributed by atoms with Gasteiger partial charge in [0.1, 0.15) is 5.69 Å². The van der Waals surface area contributed by atoms with E-state index in [-0.39, 0.29) is 17.9 Å².